The van der Waals surface area contributed by atoms with Crippen LogP contribution in [-0.2, 0) is 6.54 Å². The van der Waals surface area contributed by atoms with Crippen LogP contribution < -0.4 is 16.3 Å². The minimum atomic E-state index is -0.0123. The molecule has 1 N–H and O–H groups in total. The molecule has 110 valence electrons. The van der Waals surface area contributed by atoms with Gasteiger partial charge in [0.2, 0.25) is 0 Å². The molecule has 0 bridgehead atoms. The Labute approximate surface area is 129 Å². The van der Waals surface area contributed by atoms with Gasteiger partial charge in [0.25, 0.3) is 5.56 Å². The maximum Gasteiger partial charge on any atom is 0.261 e. The molecule has 5 nitrogen and oxygen atoms in total. The molecule has 3 aromatic rings. The van der Waals surface area contributed by atoms with Crippen LogP contribution in [0, 0.1) is 0 Å². The van der Waals surface area contributed by atoms with Crippen molar-refractivity contribution >= 4 is 29.5 Å². The Morgan fingerprint density at radius 3 is 2.82 bits per heavy atom. The van der Waals surface area contributed by atoms with Gasteiger partial charge in [0, 0.05) is 19.3 Å². The van der Waals surface area contributed by atoms with Gasteiger partial charge in [-0.2, -0.15) is 0 Å². The lowest BCUT2D eigenvalue weighted by molar-refractivity contribution is 0.688. The number of hydrogen-bond acceptors (Lipinski definition) is 4. The summed E-state index contributed by atoms with van der Waals surface area (Å²) < 4.78 is 1.62. The van der Waals surface area contributed by atoms with Gasteiger partial charge in [-0.1, -0.05) is 30.5 Å². The highest BCUT2D eigenvalue weighted by Gasteiger charge is 2.03. The molecular formula is C16H17BN4O. The quantitative estimate of drug-likeness (QED) is 0.713. The van der Waals surface area contributed by atoms with Crippen molar-refractivity contribution in [1.29, 1.82) is 0 Å². The summed E-state index contributed by atoms with van der Waals surface area (Å²) in [4.78, 5) is 21.0. The molecule has 0 saturated heterocycles. The van der Waals surface area contributed by atoms with Crippen LogP contribution >= 0.6 is 0 Å². The van der Waals surface area contributed by atoms with Gasteiger partial charge in [0.15, 0.2) is 7.28 Å². The Hall–Kier alpha value is -2.63. The van der Waals surface area contributed by atoms with E-state index in [9.17, 15) is 4.79 Å². The second kappa shape index (κ2) is 6.43. The largest absolute Gasteiger partial charge is 0.368 e. The van der Waals surface area contributed by atoms with Gasteiger partial charge in [-0.25, -0.2) is 9.97 Å². The van der Waals surface area contributed by atoms with Crippen molar-refractivity contribution in [2.45, 2.75) is 13.4 Å². The van der Waals surface area contributed by atoms with E-state index in [2.05, 4.69) is 28.2 Å². The Balaban J connectivity index is 1.68. The summed E-state index contributed by atoms with van der Waals surface area (Å²) in [7, 11) is 0.978. The molecule has 0 saturated carbocycles. The number of para-hydroxylation sites is 1. The Morgan fingerprint density at radius 1 is 1.18 bits per heavy atom. The van der Waals surface area contributed by atoms with Crippen molar-refractivity contribution in [2.75, 3.05) is 11.9 Å². The molecule has 0 aliphatic carbocycles. The van der Waals surface area contributed by atoms with E-state index in [0.717, 1.165) is 18.6 Å². The average molecular weight is 292 g/mol. The topological polar surface area (TPSA) is 59.8 Å². The van der Waals surface area contributed by atoms with Crippen LogP contribution in [0.2, 0.25) is 6.82 Å². The first-order valence-corrected chi connectivity index (χ1v) is 7.41. The molecule has 0 atom stereocenters. The molecule has 0 fully saturated rings. The fourth-order valence-corrected chi connectivity index (χ4v) is 2.31. The number of benzene rings is 1. The van der Waals surface area contributed by atoms with Crippen LogP contribution in [0.3, 0.4) is 0 Å². The van der Waals surface area contributed by atoms with Crippen molar-refractivity contribution < 1.29 is 0 Å². The highest BCUT2D eigenvalue weighted by molar-refractivity contribution is 6.51. The van der Waals surface area contributed by atoms with E-state index in [1.807, 2.05) is 30.5 Å². The van der Waals surface area contributed by atoms with Crippen LogP contribution in [0.4, 0.5) is 5.82 Å². The molecule has 0 aliphatic rings. The monoisotopic (exact) mass is 292 g/mol. The van der Waals surface area contributed by atoms with Crippen LogP contribution in [0.1, 0.15) is 0 Å². The minimum absolute atomic E-state index is 0.0123. The zero-order chi connectivity index (χ0) is 15.4. The second-order valence-corrected chi connectivity index (χ2v) is 5.09. The van der Waals surface area contributed by atoms with Gasteiger partial charge in [-0.05, 0) is 18.2 Å². The number of pyridine rings is 1. The van der Waals surface area contributed by atoms with Crippen LogP contribution in [0.5, 0.6) is 0 Å². The zero-order valence-electron chi connectivity index (χ0n) is 12.5. The number of nitrogens with one attached hydrogen (secondary N) is 1. The fraction of sp³-hybridized carbons (Fsp3) is 0.188. The molecule has 6 heteroatoms. The number of rotatable bonds is 5. The molecule has 0 unspecified atom stereocenters. The van der Waals surface area contributed by atoms with Crippen molar-refractivity contribution in [3.63, 3.8) is 0 Å². The van der Waals surface area contributed by atoms with Crippen molar-refractivity contribution in [3.05, 3.63) is 59.3 Å². The highest BCUT2D eigenvalue weighted by atomic mass is 16.1. The highest BCUT2D eigenvalue weighted by Crippen LogP contribution is 2.04. The lowest BCUT2D eigenvalue weighted by Gasteiger charge is -2.08. The Bertz CT molecular complexity index is 829. The van der Waals surface area contributed by atoms with Crippen LogP contribution in [0.25, 0.3) is 10.9 Å². The lowest BCUT2D eigenvalue weighted by Crippen LogP contribution is -2.24. The Morgan fingerprint density at radius 2 is 2.05 bits per heavy atom. The van der Waals surface area contributed by atoms with E-state index in [0.29, 0.717) is 18.5 Å². The number of fused-ring (bicyclic) bond motifs is 1. The summed E-state index contributed by atoms with van der Waals surface area (Å²) >= 11 is 0. The lowest BCUT2D eigenvalue weighted by atomic mass is 9.74. The second-order valence-electron chi connectivity index (χ2n) is 5.09. The van der Waals surface area contributed by atoms with E-state index in [1.165, 1.54) is 5.46 Å². The van der Waals surface area contributed by atoms with E-state index in [4.69, 9.17) is 0 Å². The number of aromatic nitrogens is 3. The fourth-order valence-electron chi connectivity index (χ4n) is 2.31. The van der Waals surface area contributed by atoms with E-state index in [1.54, 1.807) is 17.0 Å². The minimum Gasteiger partial charge on any atom is -0.368 e. The van der Waals surface area contributed by atoms with Crippen molar-refractivity contribution in [2.24, 2.45) is 0 Å². The third kappa shape index (κ3) is 3.00. The van der Waals surface area contributed by atoms with Gasteiger partial charge >= 0.3 is 0 Å². The van der Waals surface area contributed by atoms with Gasteiger partial charge in [-0.3, -0.25) is 9.36 Å². The average Bonchev–Trinajstić information content (AvgIpc) is 2.58. The van der Waals surface area contributed by atoms with Gasteiger partial charge in [0.05, 0.1) is 17.2 Å². The first-order chi connectivity index (χ1) is 10.8. The molecular weight excluding hydrogens is 275 g/mol. The standard InChI is InChI=1S/C16H17BN4O/c1-17-12-6-7-15(19-10-12)18-8-9-21-11-20-14-5-3-2-4-13(14)16(21)22/h2-7,10-11,17H,8-9H2,1H3,(H,18,19). The summed E-state index contributed by atoms with van der Waals surface area (Å²) in [6, 6.07) is 11.4. The smallest absolute Gasteiger partial charge is 0.261 e. The van der Waals surface area contributed by atoms with Gasteiger partial charge < -0.3 is 5.32 Å². The molecule has 2 heterocycles. The molecule has 0 amide bonds. The third-order valence-electron chi connectivity index (χ3n) is 3.62. The van der Waals surface area contributed by atoms with E-state index < -0.39 is 0 Å². The number of anilines is 1. The maximum atomic E-state index is 12.3. The number of nitrogens with zero attached hydrogens (tertiary/aromatic N) is 3. The Kier molecular flexibility index (Phi) is 4.18. The van der Waals surface area contributed by atoms with Crippen molar-refractivity contribution in [1.82, 2.24) is 14.5 Å². The van der Waals surface area contributed by atoms with Crippen LogP contribution in [0.15, 0.2) is 53.7 Å². The van der Waals surface area contributed by atoms with E-state index >= 15 is 0 Å². The maximum absolute atomic E-state index is 12.3. The first-order valence-electron chi connectivity index (χ1n) is 7.41. The predicted octanol–water partition coefficient (Wildman–Crippen LogP) is 1.01. The SMILES string of the molecule is CBc1ccc(NCCn2cnc3ccccc3c2=O)nc1. The third-order valence-corrected chi connectivity index (χ3v) is 3.62. The molecule has 0 aliphatic heterocycles. The summed E-state index contributed by atoms with van der Waals surface area (Å²) in [5.74, 6) is 0.819. The molecule has 1 aromatic carbocycles. The van der Waals surface area contributed by atoms with E-state index in [-0.39, 0.29) is 5.56 Å². The van der Waals surface area contributed by atoms with Crippen LogP contribution in [-0.4, -0.2) is 28.4 Å². The molecule has 0 radical (unpaired) electrons. The molecule has 3 rings (SSSR count). The predicted molar refractivity (Wildman–Crippen MR) is 91.4 cm³/mol. The molecule has 22 heavy (non-hydrogen) atoms. The van der Waals surface area contributed by atoms with Gasteiger partial charge in [0.1, 0.15) is 5.82 Å². The first kappa shape index (κ1) is 14.3. The summed E-state index contributed by atoms with van der Waals surface area (Å²) in [6.45, 7) is 3.27. The summed E-state index contributed by atoms with van der Waals surface area (Å²) in [5, 5.41) is 3.87. The zero-order valence-corrected chi connectivity index (χ0v) is 12.5. The molecule has 2 aromatic heterocycles. The summed E-state index contributed by atoms with van der Waals surface area (Å²) in [5.41, 5.74) is 1.93. The van der Waals surface area contributed by atoms with Crippen molar-refractivity contribution in [3.8, 4) is 0 Å². The van der Waals surface area contributed by atoms with Gasteiger partial charge in [-0.15, -0.1) is 0 Å². The summed E-state index contributed by atoms with van der Waals surface area (Å²) in [6.07, 6.45) is 3.46. The normalized spacial score (nSPS) is 10.6. The molecule has 0 spiro atoms. The number of hydrogen-bond donors (Lipinski definition) is 1.